The minimum Gasteiger partial charge on any atom is -0.329 e. The monoisotopic (exact) mass is 138 g/mol. The zero-order chi connectivity index (χ0) is 7.70. The molecule has 0 amide bonds. The molecule has 0 radical (unpaired) electrons. The first kappa shape index (κ1) is 11.0. The summed E-state index contributed by atoms with van der Waals surface area (Å²) < 4.78 is 0. The molecule has 0 fully saturated rings. The second-order valence-corrected chi connectivity index (χ2v) is 0.981. The number of hydrogen-bond acceptors (Lipinski definition) is 5. The summed E-state index contributed by atoms with van der Waals surface area (Å²) in [6.45, 7) is 1.30. The van der Waals surface area contributed by atoms with Crippen molar-refractivity contribution in [2.45, 2.75) is 0 Å². The van der Waals surface area contributed by atoms with Gasteiger partial charge in [0, 0.05) is 13.1 Å². The van der Waals surface area contributed by atoms with Gasteiger partial charge in [-0.1, -0.05) is 0 Å². The molecule has 0 spiro atoms. The van der Waals surface area contributed by atoms with Crippen LogP contribution in [0.25, 0.3) is 0 Å². The van der Waals surface area contributed by atoms with Gasteiger partial charge in [0.15, 0.2) is 0 Å². The molecule has 56 valence electrons. The number of hydrazine groups is 1. The van der Waals surface area contributed by atoms with Crippen LogP contribution in [-0.2, 0) is 0 Å². The molecule has 0 aromatic heterocycles. The quantitative estimate of drug-likeness (QED) is 0.200. The highest BCUT2D eigenvalue weighted by atomic mass is 16.9. The summed E-state index contributed by atoms with van der Waals surface area (Å²) in [4.78, 5) is 8.36. The standard InChI is InChI=1S/C2H9N3.HNO3/c3-1-2-5-4;2-1(3)4/h5H,1-4H2;(H,2,3,4). The molecule has 0 saturated carbocycles. The van der Waals surface area contributed by atoms with E-state index in [0.717, 1.165) is 0 Å². The largest absolute Gasteiger partial charge is 0.329 e. The van der Waals surface area contributed by atoms with E-state index in [0.29, 0.717) is 13.1 Å². The van der Waals surface area contributed by atoms with Gasteiger partial charge in [-0.05, 0) is 0 Å². The summed E-state index contributed by atoms with van der Waals surface area (Å²) in [6, 6.07) is 0. The van der Waals surface area contributed by atoms with Crippen molar-refractivity contribution in [1.29, 1.82) is 0 Å². The van der Waals surface area contributed by atoms with Crippen LogP contribution in [0, 0.1) is 10.1 Å². The van der Waals surface area contributed by atoms with Crippen molar-refractivity contribution in [2.75, 3.05) is 13.1 Å². The maximum Gasteiger partial charge on any atom is 0.291 e. The lowest BCUT2D eigenvalue weighted by Crippen LogP contribution is -2.28. The van der Waals surface area contributed by atoms with Crippen LogP contribution in [0.2, 0.25) is 0 Å². The summed E-state index contributed by atoms with van der Waals surface area (Å²) >= 11 is 0. The molecule has 0 saturated heterocycles. The van der Waals surface area contributed by atoms with Crippen LogP contribution in [0.15, 0.2) is 0 Å². The molecule has 0 aliphatic heterocycles. The predicted octanol–water partition coefficient (Wildman–Crippen LogP) is -1.94. The van der Waals surface area contributed by atoms with Crippen molar-refractivity contribution < 1.29 is 10.3 Å². The third-order valence-electron chi connectivity index (χ3n) is 0.289. The van der Waals surface area contributed by atoms with Crippen LogP contribution in [0.5, 0.6) is 0 Å². The maximum absolute atomic E-state index is 8.36. The zero-order valence-electron chi connectivity index (χ0n) is 4.78. The highest BCUT2D eigenvalue weighted by Gasteiger charge is 1.65. The van der Waals surface area contributed by atoms with E-state index in [9.17, 15) is 0 Å². The van der Waals surface area contributed by atoms with Gasteiger partial charge < -0.3 is 10.9 Å². The fourth-order valence-corrected chi connectivity index (χ4v) is 0.0833. The second kappa shape index (κ2) is 10.1. The van der Waals surface area contributed by atoms with Crippen LogP contribution < -0.4 is 17.0 Å². The van der Waals surface area contributed by atoms with Gasteiger partial charge in [0.2, 0.25) is 0 Å². The summed E-state index contributed by atoms with van der Waals surface area (Å²) in [7, 11) is 0. The molecule has 0 aromatic carbocycles. The van der Waals surface area contributed by atoms with E-state index in [2.05, 4.69) is 5.43 Å². The summed E-state index contributed by atoms with van der Waals surface area (Å²) in [5.74, 6) is 4.81. The first-order valence-corrected chi connectivity index (χ1v) is 2.12. The molecule has 0 unspecified atom stereocenters. The molecule has 0 aliphatic carbocycles. The molecule has 7 heteroatoms. The summed E-state index contributed by atoms with van der Waals surface area (Å²) in [5.41, 5.74) is 7.39. The van der Waals surface area contributed by atoms with Crippen LogP contribution >= 0.6 is 0 Å². The van der Waals surface area contributed by atoms with Crippen LogP contribution in [-0.4, -0.2) is 23.4 Å². The van der Waals surface area contributed by atoms with Crippen molar-refractivity contribution in [3.63, 3.8) is 0 Å². The molecule has 0 aliphatic rings. The van der Waals surface area contributed by atoms with E-state index < -0.39 is 5.09 Å². The molecule has 9 heavy (non-hydrogen) atoms. The van der Waals surface area contributed by atoms with Gasteiger partial charge in [-0.3, -0.25) is 11.3 Å². The van der Waals surface area contributed by atoms with Gasteiger partial charge in [-0.2, -0.15) is 0 Å². The van der Waals surface area contributed by atoms with E-state index in [1.54, 1.807) is 0 Å². The fraction of sp³-hybridized carbons (Fsp3) is 1.00. The van der Waals surface area contributed by atoms with Gasteiger partial charge in [0.05, 0.1) is 0 Å². The zero-order valence-corrected chi connectivity index (χ0v) is 4.78. The molecular weight excluding hydrogens is 128 g/mol. The summed E-state index contributed by atoms with van der Waals surface area (Å²) in [6.07, 6.45) is 0. The minimum absolute atomic E-state index is 0.608. The van der Waals surface area contributed by atoms with Gasteiger partial charge in [0.25, 0.3) is 5.09 Å². The average Bonchev–Trinajstić information content (AvgIpc) is 1.66. The second-order valence-electron chi connectivity index (χ2n) is 0.981. The Hall–Kier alpha value is -0.920. The Morgan fingerprint density at radius 3 is 2.11 bits per heavy atom. The molecule has 0 bridgehead atoms. The number of rotatable bonds is 2. The Morgan fingerprint density at radius 2 is 2.11 bits per heavy atom. The summed E-state index contributed by atoms with van der Waals surface area (Å²) in [5, 5.41) is 13.6. The number of nitrogens with zero attached hydrogens (tertiary/aromatic N) is 1. The van der Waals surface area contributed by atoms with E-state index in [1.807, 2.05) is 0 Å². The molecule has 7 nitrogen and oxygen atoms in total. The normalized spacial score (nSPS) is 7.33. The Morgan fingerprint density at radius 1 is 1.78 bits per heavy atom. The van der Waals surface area contributed by atoms with Crippen LogP contribution in [0.1, 0.15) is 0 Å². The van der Waals surface area contributed by atoms with Gasteiger partial charge in [-0.25, -0.2) is 0 Å². The third kappa shape index (κ3) is 157. The molecule has 0 rings (SSSR count). The van der Waals surface area contributed by atoms with Crippen molar-refractivity contribution in [1.82, 2.24) is 5.43 Å². The highest BCUT2D eigenvalue weighted by Crippen LogP contribution is 1.38. The first-order valence-electron chi connectivity index (χ1n) is 2.12. The van der Waals surface area contributed by atoms with E-state index in [-0.39, 0.29) is 0 Å². The minimum atomic E-state index is -1.50. The SMILES string of the molecule is NCCNN.O=[N+]([O-])O. The lowest BCUT2D eigenvalue weighted by atomic mass is 10.7. The smallest absolute Gasteiger partial charge is 0.291 e. The maximum atomic E-state index is 8.36. The molecule has 0 atom stereocenters. The van der Waals surface area contributed by atoms with Crippen molar-refractivity contribution in [2.24, 2.45) is 11.6 Å². The Bertz CT molecular complexity index is 60.8. The van der Waals surface area contributed by atoms with E-state index >= 15 is 0 Å². The molecular formula is C2H10N4O3. The topological polar surface area (TPSA) is 127 Å². The van der Waals surface area contributed by atoms with Gasteiger partial charge >= 0.3 is 0 Å². The van der Waals surface area contributed by atoms with E-state index in [4.69, 9.17) is 26.9 Å². The highest BCUT2D eigenvalue weighted by molar-refractivity contribution is 4.31. The first-order chi connectivity index (χ1) is 4.15. The Labute approximate surface area is 51.7 Å². The van der Waals surface area contributed by atoms with E-state index in [1.165, 1.54) is 0 Å². The molecule has 0 heterocycles. The predicted molar refractivity (Wildman–Crippen MR) is 30.0 cm³/mol. The average molecular weight is 138 g/mol. The van der Waals surface area contributed by atoms with Gasteiger partial charge in [0.1, 0.15) is 0 Å². The van der Waals surface area contributed by atoms with Crippen molar-refractivity contribution in [3.8, 4) is 0 Å². The number of nitrogens with two attached hydrogens (primary N) is 2. The lowest BCUT2D eigenvalue weighted by Gasteiger charge is -1.85. The number of hydrogen-bond donors (Lipinski definition) is 4. The lowest BCUT2D eigenvalue weighted by molar-refractivity contribution is -0.742. The van der Waals surface area contributed by atoms with Crippen molar-refractivity contribution >= 4 is 0 Å². The Kier molecular flexibility index (Phi) is 12.3. The van der Waals surface area contributed by atoms with Crippen molar-refractivity contribution in [3.05, 3.63) is 10.1 Å². The Balaban J connectivity index is 0. The number of nitrogens with one attached hydrogen (secondary N) is 1. The van der Waals surface area contributed by atoms with Crippen LogP contribution in [0.3, 0.4) is 0 Å². The molecule has 6 N–H and O–H groups in total. The third-order valence-corrected chi connectivity index (χ3v) is 0.289. The van der Waals surface area contributed by atoms with Gasteiger partial charge in [-0.15, -0.1) is 10.1 Å². The fourth-order valence-electron chi connectivity index (χ4n) is 0.0833. The van der Waals surface area contributed by atoms with Crippen LogP contribution in [0.4, 0.5) is 0 Å². The molecule has 0 aromatic rings.